The number of methoxy groups -OCH3 is 2. The van der Waals surface area contributed by atoms with Crippen molar-refractivity contribution in [2.45, 2.75) is 13.0 Å². The molecule has 0 bridgehead atoms. The van der Waals surface area contributed by atoms with E-state index in [2.05, 4.69) is 0 Å². The first-order valence-corrected chi connectivity index (χ1v) is 7.63. The summed E-state index contributed by atoms with van der Waals surface area (Å²) in [6, 6.07) is 3.43. The van der Waals surface area contributed by atoms with Gasteiger partial charge < -0.3 is 20.1 Å². The first kappa shape index (κ1) is 16.5. The van der Waals surface area contributed by atoms with Crippen LogP contribution in [-0.4, -0.2) is 50.1 Å². The summed E-state index contributed by atoms with van der Waals surface area (Å²) in [7, 11) is 4.83. The predicted molar refractivity (Wildman–Crippen MR) is 83.9 cm³/mol. The minimum atomic E-state index is -0.138. The normalized spacial score (nSPS) is 11.8. The fourth-order valence-corrected chi connectivity index (χ4v) is 2.51. The number of hydrogen-bond acceptors (Lipinski definition) is 5. The Balaban J connectivity index is 3.14. The number of nitrogens with two attached hydrogens (primary N) is 1. The molecule has 0 saturated carbocycles. The highest BCUT2D eigenvalue weighted by Gasteiger charge is 2.22. The summed E-state index contributed by atoms with van der Waals surface area (Å²) >= 11 is 1.70. The monoisotopic (exact) mass is 298 g/mol. The average molecular weight is 298 g/mol. The van der Waals surface area contributed by atoms with E-state index >= 15 is 0 Å². The zero-order chi connectivity index (χ0) is 15.3. The standard InChI is InChI=1S/C14H22N2O3S/c1-9(8-20-5)16(2)14(17)11-6-10(18-3)7-12(19-4)13(11)15/h6-7,9H,8,15H2,1-5H3. The Labute approximate surface area is 124 Å². The SMILES string of the molecule is COc1cc(OC)c(N)c(C(=O)N(C)C(C)CSC)c1. The number of nitrogen functional groups attached to an aromatic ring is 1. The summed E-state index contributed by atoms with van der Waals surface area (Å²) in [4.78, 5) is 14.2. The number of benzene rings is 1. The molecule has 1 aromatic rings. The second kappa shape index (κ2) is 7.28. The fraction of sp³-hybridized carbons (Fsp3) is 0.500. The third-order valence-electron chi connectivity index (χ3n) is 3.19. The van der Waals surface area contributed by atoms with Gasteiger partial charge >= 0.3 is 0 Å². The molecule has 0 saturated heterocycles. The molecule has 0 aromatic heterocycles. The molecule has 0 aliphatic heterocycles. The molecule has 1 aromatic carbocycles. The molecule has 2 N–H and O–H groups in total. The summed E-state index contributed by atoms with van der Waals surface area (Å²) < 4.78 is 10.4. The number of nitrogens with zero attached hydrogens (tertiary/aromatic N) is 1. The van der Waals surface area contributed by atoms with Crippen LogP contribution in [0.2, 0.25) is 0 Å². The Morgan fingerprint density at radius 1 is 1.40 bits per heavy atom. The molecular weight excluding hydrogens is 276 g/mol. The molecule has 5 nitrogen and oxygen atoms in total. The van der Waals surface area contributed by atoms with E-state index in [1.54, 1.807) is 43.0 Å². The smallest absolute Gasteiger partial charge is 0.256 e. The van der Waals surface area contributed by atoms with Crippen molar-refractivity contribution in [2.75, 3.05) is 39.0 Å². The molecule has 1 atom stereocenters. The molecule has 20 heavy (non-hydrogen) atoms. The first-order valence-electron chi connectivity index (χ1n) is 6.23. The van der Waals surface area contributed by atoms with Gasteiger partial charge in [-0.1, -0.05) is 0 Å². The van der Waals surface area contributed by atoms with Gasteiger partial charge in [-0.25, -0.2) is 0 Å². The topological polar surface area (TPSA) is 64.8 Å². The molecule has 0 spiro atoms. The van der Waals surface area contributed by atoms with Gasteiger partial charge in [0.15, 0.2) is 0 Å². The number of carbonyl (C=O) groups is 1. The highest BCUT2D eigenvalue weighted by atomic mass is 32.2. The zero-order valence-corrected chi connectivity index (χ0v) is 13.4. The van der Waals surface area contributed by atoms with Gasteiger partial charge in [-0.2, -0.15) is 11.8 Å². The lowest BCUT2D eigenvalue weighted by molar-refractivity contribution is 0.0758. The maximum absolute atomic E-state index is 12.5. The van der Waals surface area contributed by atoms with E-state index in [9.17, 15) is 4.79 Å². The molecule has 0 aliphatic rings. The van der Waals surface area contributed by atoms with Gasteiger partial charge in [0.2, 0.25) is 0 Å². The maximum Gasteiger partial charge on any atom is 0.256 e. The van der Waals surface area contributed by atoms with Crippen LogP contribution < -0.4 is 15.2 Å². The van der Waals surface area contributed by atoms with Crippen LogP contribution >= 0.6 is 11.8 Å². The third kappa shape index (κ3) is 3.50. The van der Waals surface area contributed by atoms with Crippen LogP contribution in [0, 0.1) is 0 Å². The Kier molecular flexibility index (Phi) is 6.01. The molecule has 0 radical (unpaired) electrons. The van der Waals surface area contributed by atoms with E-state index in [4.69, 9.17) is 15.2 Å². The summed E-state index contributed by atoms with van der Waals surface area (Å²) in [5.41, 5.74) is 6.73. The van der Waals surface area contributed by atoms with Gasteiger partial charge in [-0.3, -0.25) is 4.79 Å². The van der Waals surface area contributed by atoms with Crippen LogP contribution in [-0.2, 0) is 0 Å². The van der Waals surface area contributed by atoms with Crippen molar-refractivity contribution in [2.24, 2.45) is 0 Å². The van der Waals surface area contributed by atoms with Crippen LogP contribution in [0.25, 0.3) is 0 Å². The molecule has 1 amide bonds. The van der Waals surface area contributed by atoms with E-state index in [0.29, 0.717) is 22.7 Å². The number of carbonyl (C=O) groups excluding carboxylic acids is 1. The van der Waals surface area contributed by atoms with Crippen molar-refractivity contribution in [1.29, 1.82) is 0 Å². The van der Waals surface area contributed by atoms with Crippen LogP contribution in [0.1, 0.15) is 17.3 Å². The van der Waals surface area contributed by atoms with Gasteiger partial charge in [-0.15, -0.1) is 0 Å². The Morgan fingerprint density at radius 3 is 2.55 bits per heavy atom. The van der Waals surface area contributed by atoms with Crippen molar-refractivity contribution >= 4 is 23.4 Å². The van der Waals surface area contributed by atoms with Crippen molar-refractivity contribution in [3.05, 3.63) is 17.7 Å². The van der Waals surface area contributed by atoms with Crippen molar-refractivity contribution in [3.8, 4) is 11.5 Å². The van der Waals surface area contributed by atoms with Crippen molar-refractivity contribution in [1.82, 2.24) is 4.90 Å². The van der Waals surface area contributed by atoms with Gasteiger partial charge in [0.25, 0.3) is 5.91 Å². The number of rotatable bonds is 6. The fourth-order valence-electron chi connectivity index (χ4n) is 1.81. The predicted octanol–water partition coefficient (Wildman–Crippen LogP) is 2.11. The van der Waals surface area contributed by atoms with E-state index < -0.39 is 0 Å². The van der Waals surface area contributed by atoms with Gasteiger partial charge in [0.1, 0.15) is 11.5 Å². The number of ether oxygens (including phenoxy) is 2. The lowest BCUT2D eigenvalue weighted by atomic mass is 10.1. The van der Waals surface area contributed by atoms with Crippen molar-refractivity contribution < 1.29 is 14.3 Å². The van der Waals surface area contributed by atoms with E-state index in [1.165, 1.54) is 7.11 Å². The summed E-state index contributed by atoms with van der Waals surface area (Å²) in [6.07, 6.45) is 2.01. The minimum absolute atomic E-state index is 0.120. The van der Waals surface area contributed by atoms with Gasteiger partial charge in [0.05, 0.1) is 25.5 Å². The molecule has 1 rings (SSSR count). The Bertz CT molecular complexity index is 480. The molecular formula is C14H22N2O3S. The Morgan fingerprint density at radius 2 is 2.05 bits per heavy atom. The largest absolute Gasteiger partial charge is 0.497 e. The molecule has 6 heteroatoms. The number of anilines is 1. The molecule has 0 aliphatic carbocycles. The highest BCUT2D eigenvalue weighted by Crippen LogP contribution is 2.32. The summed E-state index contributed by atoms with van der Waals surface area (Å²) in [5, 5.41) is 0. The minimum Gasteiger partial charge on any atom is -0.497 e. The van der Waals surface area contributed by atoms with Gasteiger partial charge in [0, 0.05) is 24.9 Å². The van der Waals surface area contributed by atoms with Crippen molar-refractivity contribution in [3.63, 3.8) is 0 Å². The quantitative estimate of drug-likeness (QED) is 0.815. The molecule has 112 valence electrons. The summed E-state index contributed by atoms with van der Waals surface area (Å²) in [6.45, 7) is 2.00. The zero-order valence-electron chi connectivity index (χ0n) is 12.6. The van der Waals surface area contributed by atoms with E-state index in [0.717, 1.165) is 5.75 Å². The molecule has 1 unspecified atom stereocenters. The second-order valence-corrected chi connectivity index (χ2v) is 5.42. The van der Waals surface area contributed by atoms with E-state index in [-0.39, 0.29) is 11.9 Å². The third-order valence-corrected chi connectivity index (χ3v) is 4.01. The number of hydrogen-bond donors (Lipinski definition) is 1. The van der Waals surface area contributed by atoms with Crippen LogP contribution in [0.5, 0.6) is 11.5 Å². The van der Waals surface area contributed by atoms with Gasteiger partial charge in [-0.05, 0) is 19.2 Å². The lowest BCUT2D eigenvalue weighted by Gasteiger charge is -2.25. The lowest BCUT2D eigenvalue weighted by Crippen LogP contribution is -2.37. The number of thioether (sulfide) groups is 1. The summed E-state index contributed by atoms with van der Waals surface area (Å²) in [5.74, 6) is 1.72. The maximum atomic E-state index is 12.5. The molecule has 0 heterocycles. The van der Waals surface area contributed by atoms with Crippen LogP contribution in [0.15, 0.2) is 12.1 Å². The Hall–Kier alpha value is -1.56. The first-order chi connectivity index (χ1) is 9.46. The highest BCUT2D eigenvalue weighted by molar-refractivity contribution is 7.98. The van der Waals surface area contributed by atoms with Crippen LogP contribution in [0.4, 0.5) is 5.69 Å². The van der Waals surface area contributed by atoms with E-state index in [1.807, 2.05) is 13.2 Å². The second-order valence-electron chi connectivity index (χ2n) is 4.51. The number of amides is 1. The average Bonchev–Trinajstić information content (AvgIpc) is 2.46. The molecule has 0 fully saturated rings. The van der Waals surface area contributed by atoms with Crippen LogP contribution in [0.3, 0.4) is 0 Å².